The second-order valence-corrected chi connectivity index (χ2v) is 6.69. The van der Waals surface area contributed by atoms with Crippen molar-refractivity contribution in [3.63, 3.8) is 0 Å². The number of amides is 1. The molecule has 0 saturated carbocycles. The lowest BCUT2D eigenvalue weighted by Gasteiger charge is -2.06. The fourth-order valence-corrected chi connectivity index (χ4v) is 3.33. The fraction of sp³-hybridized carbons (Fsp3) is 0.200. The zero-order valence-corrected chi connectivity index (χ0v) is 14.3. The number of anilines is 1. The van der Waals surface area contributed by atoms with E-state index in [1.54, 1.807) is 6.20 Å². The first kappa shape index (κ1) is 15.7. The summed E-state index contributed by atoms with van der Waals surface area (Å²) in [5, 5.41) is 14.3. The van der Waals surface area contributed by atoms with Crippen LogP contribution < -0.4 is 5.32 Å². The van der Waals surface area contributed by atoms with Gasteiger partial charge in [0.15, 0.2) is 16.1 Å². The predicted molar refractivity (Wildman–Crippen MR) is 92.6 cm³/mol. The highest BCUT2D eigenvalue weighted by molar-refractivity contribution is 7.99. The van der Waals surface area contributed by atoms with Crippen LogP contribution in [0.5, 0.6) is 0 Å². The van der Waals surface area contributed by atoms with E-state index in [0.717, 1.165) is 17.0 Å². The number of nitrogens with zero attached hydrogens (tertiary/aromatic N) is 4. The molecule has 0 radical (unpaired) electrons. The van der Waals surface area contributed by atoms with Gasteiger partial charge in [0.25, 0.3) is 0 Å². The van der Waals surface area contributed by atoms with Crippen LogP contribution in [0.3, 0.4) is 0 Å². The molecule has 23 heavy (non-hydrogen) atoms. The summed E-state index contributed by atoms with van der Waals surface area (Å²) in [6.45, 7) is 2.04. The highest BCUT2D eigenvalue weighted by Crippen LogP contribution is 2.25. The van der Waals surface area contributed by atoms with E-state index in [9.17, 15) is 4.79 Å². The molecule has 2 aromatic heterocycles. The normalized spacial score (nSPS) is 10.7. The first-order chi connectivity index (χ1) is 11.1. The van der Waals surface area contributed by atoms with Crippen molar-refractivity contribution in [3.05, 3.63) is 41.4 Å². The predicted octanol–water partition coefficient (Wildman–Crippen LogP) is 2.98. The number of hydrogen-bond acceptors (Lipinski definition) is 6. The standard InChI is InChI=1S/C15H15N5OS2/c1-10-5-3-4-6-11(10)13-18-19-15(20(13)2)23-9-12(21)17-14-16-7-8-22-14/h3-8H,9H2,1-2H3,(H,16,17,21). The van der Waals surface area contributed by atoms with Gasteiger partial charge in [0.1, 0.15) is 0 Å². The van der Waals surface area contributed by atoms with Crippen molar-refractivity contribution in [2.75, 3.05) is 11.1 Å². The van der Waals surface area contributed by atoms with Crippen LogP contribution in [-0.2, 0) is 11.8 Å². The van der Waals surface area contributed by atoms with Crippen molar-refractivity contribution in [1.29, 1.82) is 0 Å². The number of carbonyl (C=O) groups excluding carboxylic acids is 1. The van der Waals surface area contributed by atoms with Gasteiger partial charge in [0.05, 0.1) is 5.75 Å². The van der Waals surface area contributed by atoms with Crippen LogP contribution in [0.15, 0.2) is 41.0 Å². The topological polar surface area (TPSA) is 72.7 Å². The Bertz CT molecular complexity index is 813. The monoisotopic (exact) mass is 345 g/mol. The molecule has 2 heterocycles. The maximum atomic E-state index is 11.9. The highest BCUT2D eigenvalue weighted by Gasteiger charge is 2.14. The van der Waals surface area contributed by atoms with Crippen LogP contribution in [0, 0.1) is 6.92 Å². The van der Waals surface area contributed by atoms with E-state index in [-0.39, 0.29) is 11.7 Å². The van der Waals surface area contributed by atoms with Crippen LogP contribution in [-0.4, -0.2) is 31.4 Å². The van der Waals surface area contributed by atoms with Crippen molar-refractivity contribution in [2.45, 2.75) is 12.1 Å². The average Bonchev–Trinajstić information content (AvgIpc) is 3.16. The minimum Gasteiger partial charge on any atom is -0.305 e. The van der Waals surface area contributed by atoms with Gasteiger partial charge in [-0.3, -0.25) is 4.79 Å². The van der Waals surface area contributed by atoms with Gasteiger partial charge in [-0.1, -0.05) is 36.0 Å². The molecule has 118 valence electrons. The Balaban J connectivity index is 1.68. The van der Waals surface area contributed by atoms with Gasteiger partial charge in [-0.05, 0) is 12.5 Å². The van der Waals surface area contributed by atoms with Gasteiger partial charge >= 0.3 is 0 Å². The van der Waals surface area contributed by atoms with E-state index in [1.165, 1.54) is 23.1 Å². The van der Waals surface area contributed by atoms with E-state index in [1.807, 2.05) is 48.2 Å². The number of benzene rings is 1. The van der Waals surface area contributed by atoms with Crippen molar-refractivity contribution in [2.24, 2.45) is 7.05 Å². The molecule has 1 N–H and O–H groups in total. The molecule has 0 spiro atoms. The van der Waals surface area contributed by atoms with Crippen molar-refractivity contribution >= 4 is 34.1 Å². The van der Waals surface area contributed by atoms with Crippen LogP contribution in [0.2, 0.25) is 0 Å². The lowest BCUT2D eigenvalue weighted by molar-refractivity contribution is -0.113. The minimum absolute atomic E-state index is 0.106. The summed E-state index contributed by atoms with van der Waals surface area (Å²) in [6.07, 6.45) is 1.66. The third kappa shape index (κ3) is 3.59. The molecule has 0 bridgehead atoms. The Morgan fingerprint density at radius 2 is 2.17 bits per heavy atom. The molecule has 0 atom stereocenters. The largest absolute Gasteiger partial charge is 0.305 e. The van der Waals surface area contributed by atoms with Crippen LogP contribution in [0.1, 0.15) is 5.56 Å². The third-order valence-electron chi connectivity index (χ3n) is 3.23. The van der Waals surface area contributed by atoms with E-state index in [2.05, 4.69) is 20.5 Å². The van der Waals surface area contributed by atoms with Crippen molar-refractivity contribution in [1.82, 2.24) is 19.7 Å². The molecule has 6 nitrogen and oxygen atoms in total. The summed E-state index contributed by atoms with van der Waals surface area (Å²) in [5.41, 5.74) is 2.18. The maximum absolute atomic E-state index is 11.9. The molecule has 0 unspecified atom stereocenters. The van der Waals surface area contributed by atoms with Gasteiger partial charge in [-0.15, -0.1) is 21.5 Å². The smallest absolute Gasteiger partial charge is 0.236 e. The van der Waals surface area contributed by atoms with E-state index >= 15 is 0 Å². The summed E-state index contributed by atoms with van der Waals surface area (Å²) in [6, 6.07) is 8.03. The van der Waals surface area contributed by atoms with E-state index in [0.29, 0.717) is 10.3 Å². The van der Waals surface area contributed by atoms with Crippen LogP contribution in [0.4, 0.5) is 5.13 Å². The van der Waals surface area contributed by atoms with E-state index in [4.69, 9.17) is 0 Å². The molecule has 3 rings (SSSR count). The van der Waals surface area contributed by atoms with Gasteiger partial charge < -0.3 is 9.88 Å². The zero-order valence-electron chi connectivity index (χ0n) is 12.7. The molecule has 0 aliphatic rings. The summed E-state index contributed by atoms with van der Waals surface area (Å²) >= 11 is 2.75. The second-order valence-electron chi connectivity index (χ2n) is 4.85. The lowest BCUT2D eigenvalue weighted by atomic mass is 10.1. The second kappa shape index (κ2) is 6.93. The van der Waals surface area contributed by atoms with E-state index < -0.39 is 0 Å². The van der Waals surface area contributed by atoms with Gasteiger partial charge in [-0.25, -0.2) is 4.98 Å². The van der Waals surface area contributed by atoms with Crippen molar-refractivity contribution < 1.29 is 4.79 Å². The summed E-state index contributed by atoms with van der Waals surface area (Å²) in [7, 11) is 1.91. The number of carbonyl (C=O) groups is 1. The number of rotatable bonds is 5. The Kier molecular flexibility index (Phi) is 4.73. The first-order valence-corrected chi connectivity index (χ1v) is 8.79. The molecule has 0 aliphatic heterocycles. The van der Waals surface area contributed by atoms with Crippen molar-refractivity contribution in [3.8, 4) is 11.4 Å². The molecular weight excluding hydrogens is 330 g/mol. The number of aryl methyl sites for hydroxylation is 1. The van der Waals surface area contributed by atoms with Crippen LogP contribution >= 0.6 is 23.1 Å². The number of hydrogen-bond donors (Lipinski definition) is 1. The summed E-state index contributed by atoms with van der Waals surface area (Å²) < 4.78 is 1.91. The lowest BCUT2D eigenvalue weighted by Crippen LogP contribution is -2.14. The fourth-order valence-electron chi connectivity index (χ4n) is 2.07. The molecule has 8 heteroatoms. The van der Waals surface area contributed by atoms with Crippen LogP contribution in [0.25, 0.3) is 11.4 Å². The minimum atomic E-state index is -0.106. The first-order valence-electron chi connectivity index (χ1n) is 6.92. The molecule has 1 aromatic carbocycles. The Morgan fingerprint density at radius 1 is 1.35 bits per heavy atom. The maximum Gasteiger partial charge on any atom is 0.236 e. The molecule has 0 fully saturated rings. The number of nitrogens with one attached hydrogen (secondary N) is 1. The molecule has 1 amide bonds. The quantitative estimate of drug-likeness (QED) is 0.720. The van der Waals surface area contributed by atoms with Gasteiger partial charge in [0, 0.05) is 24.2 Å². The van der Waals surface area contributed by atoms with Gasteiger partial charge in [-0.2, -0.15) is 0 Å². The molecule has 3 aromatic rings. The molecular formula is C15H15N5OS2. The Morgan fingerprint density at radius 3 is 2.91 bits per heavy atom. The SMILES string of the molecule is Cc1ccccc1-c1nnc(SCC(=O)Nc2nccs2)n1C. The number of aromatic nitrogens is 4. The Hall–Kier alpha value is -2.19. The zero-order chi connectivity index (χ0) is 16.2. The Labute approximate surface area is 142 Å². The summed E-state index contributed by atoms with van der Waals surface area (Å²) in [5.74, 6) is 0.954. The molecule has 0 aliphatic carbocycles. The third-order valence-corrected chi connectivity index (χ3v) is 4.94. The average molecular weight is 345 g/mol. The highest BCUT2D eigenvalue weighted by atomic mass is 32.2. The number of thiazole rings is 1. The number of thioether (sulfide) groups is 1. The summed E-state index contributed by atoms with van der Waals surface area (Å²) in [4.78, 5) is 15.9. The van der Waals surface area contributed by atoms with Gasteiger partial charge in [0.2, 0.25) is 5.91 Å². The molecule has 0 saturated heterocycles.